The summed E-state index contributed by atoms with van der Waals surface area (Å²) in [7, 11) is 0. The highest BCUT2D eigenvalue weighted by Crippen LogP contribution is 2.20. The zero-order valence-electron chi connectivity index (χ0n) is 15.2. The molecule has 4 unspecified atom stereocenters. The normalized spacial score (nSPS) is 29.6. The maximum absolute atomic E-state index is 11.7. The minimum atomic E-state index is -1.61. The lowest BCUT2D eigenvalue weighted by atomic mass is 9.99. The van der Waals surface area contributed by atoms with Crippen LogP contribution in [0, 0.1) is 0 Å². The highest BCUT2D eigenvalue weighted by molar-refractivity contribution is 5.69. The van der Waals surface area contributed by atoms with E-state index in [0.29, 0.717) is 6.42 Å². The number of carbonyl (C=O) groups excluding carboxylic acids is 1. The number of hydrogen-bond donors (Lipinski definition) is 4. The van der Waals surface area contributed by atoms with E-state index in [1.807, 2.05) is 0 Å². The van der Waals surface area contributed by atoms with Crippen LogP contribution in [0.15, 0.2) is 0 Å². The molecule has 148 valence electrons. The Hall–Kier alpha value is -0.730. The quantitative estimate of drug-likeness (QED) is 0.305. The average Bonchev–Trinajstić information content (AvgIpc) is 2.60. The standard InChI is InChI=1S/C18H34O7/c1-2-3-4-5-6-7-8-9-10-11-14(19)24-12-13-15(20)16(21)17(22)18(23)25-13/h13,15-18,20-23H,2-12H2,1H3/t13?,15?,16-,17?,18?/m0/s1. The third-order valence-corrected chi connectivity index (χ3v) is 4.58. The van der Waals surface area contributed by atoms with Crippen LogP contribution in [0.25, 0.3) is 0 Å². The molecule has 0 radical (unpaired) electrons. The second-order valence-electron chi connectivity index (χ2n) is 6.80. The van der Waals surface area contributed by atoms with Crippen molar-refractivity contribution in [1.82, 2.24) is 0 Å². The van der Waals surface area contributed by atoms with Gasteiger partial charge in [0.2, 0.25) is 0 Å². The predicted molar refractivity (Wildman–Crippen MR) is 91.7 cm³/mol. The van der Waals surface area contributed by atoms with Gasteiger partial charge in [0, 0.05) is 6.42 Å². The smallest absolute Gasteiger partial charge is 0.305 e. The minimum absolute atomic E-state index is 0.266. The number of rotatable bonds is 12. The summed E-state index contributed by atoms with van der Waals surface area (Å²) in [4.78, 5) is 11.7. The average molecular weight is 362 g/mol. The van der Waals surface area contributed by atoms with Gasteiger partial charge in [-0.3, -0.25) is 4.79 Å². The number of aliphatic hydroxyl groups excluding tert-OH is 4. The maximum atomic E-state index is 11.7. The summed E-state index contributed by atoms with van der Waals surface area (Å²) < 4.78 is 9.98. The third kappa shape index (κ3) is 8.46. The Morgan fingerprint density at radius 2 is 1.40 bits per heavy atom. The summed E-state index contributed by atoms with van der Waals surface area (Å²) in [6.45, 7) is 1.94. The van der Waals surface area contributed by atoms with Crippen LogP contribution >= 0.6 is 0 Å². The highest BCUT2D eigenvalue weighted by atomic mass is 16.6. The second-order valence-corrected chi connectivity index (χ2v) is 6.80. The summed E-state index contributed by atoms with van der Waals surface area (Å²) >= 11 is 0. The fraction of sp³-hybridized carbons (Fsp3) is 0.944. The topological polar surface area (TPSA) is 116 Å². The molecule has 1 heterocycles. The molecular formula is C18H34O7. The van der Waals surface area contributed by atoms with Gasteiger partial charge in [0.15, 0.2) is 6.29 Å². The van der Waals surface area contributed by atoms with E-state index in [1.54, 1.807) is 0 Å². The van der Waals surface area contributed by atoms with E-state index in [4.69, 9.17) is 9.47 Å². The first-order valence-electron chi connectivity index (χ1n) is 9.50. The van der Waals surface area contributed by atoms with Crippen molar-refractivity contribution in [3.05, 3.63) is 0 Å². The zero-order chi connectivity index (χ0) is 18.7. The van der Waals surface area contributed by atoms with Gasteiger partial charge in [0.05, 0.1) is 0 Å². The molecule has 25 heavy (non-hydrogen) atoms. The third-order valence-electron chi connectivity index (χ3n) is 4.58. The Bertz CT molecular complexity index is 363. The van der Waals surface area contributed by atoms with Crippen molar-refractivity contribution in [3.8, 4) is 0 Å². The van der Waals surface area contributed by atoms with Crippen LogP contribution in [0.3, 0.4) is 0 Å². The number of unbranched alkanes of at least 4 members (excludes halogenated alkanes) is 8. The molecule has 1 rings (SSSR count). The Balaban J connectivity index is 2.05. The van der Waals surface area contributed by atoms with Crippen molar-refractivity contribution in [3.63, 3.8) is 0 Å². The monoisotopic (exact) mass is 362 g/mol. The number of ether oxygens (including phenoxy) is 2. The second kappa shape index (κ2) is 12.6. The van der Waals surface area contributed by atoms with Gasteiger partial charge in [-0.25, -0.2) is 0 Å². The molecule has 5 atom stereocenters. The molecule has 0 saturated carbocycles. The molecule has 1 aliphatic rings. The van der Waals surface area contributed by atoms with E-state index in [9.17, 15) is 25.2 Å². The Morgan fingerprint density at radius 1 is 0.840 bits per heavy atom. The van der Waals surface area contributed by atoms with Crippen LogP contribution in [-0.2, 0) is 14.3 Å². The summed E-state index contributed by atoms with van der Waals surface area (Å²) in [5.74, 6) is -0.395. The van der Waals surface area contributed by atoms with Gasteiger partial charge in [0.25, 0.3) is 0 Å². The molecular weight excluding hydrogens is 328 g/mol. The molecule has 1 fully saturated rings. The van der Waals surface area contributed by atoms with Crippen LogP contribution < -0.4 is 0 Å². The van der Waals surface area contributed by atoms with Crippen molar-refractivity contribution < 1.29 is 34.7 Å². The van der Waals surface area contributed by atoms with Crippen LogP contribution in [0.5, 0.6) is 0 Å². The molecule has 0 amide bonds. The number of esters is 1. The Labute approximate surface area is 150 Å². The SMILES string of the molecule is CCCCCCCCCCCC(=O)OCC1OC(O)C(O)[C@@H](O)C1O. The maximum Gasteiger partial charge on any atom is 0.305 e. The molecule has 0 aromatic carbocycles. The summed E-state index contributed by atoms with van der Waals surface area (Å²) in [5.41, 5.74) is 0. The molecule has 0 aliphatic carbocycles. The van der Waals surface area contributed by atoms with Crippen molar-refractivity contribution in [2.45, 2.75) is 102 Å². The van der Waals surface area contributed by atoms with Crippen LogP contribution in [0.1, 0.15) is 71.1 Å². The fourth-order valence-corrected chi connectivity index (χ4v) is 2.90. The van der Waals surface area contributed by atoms with Gasteiger partial charge in [-0.1, -0.05) is 58.3 Å². The lowest BCUT2D eigenvalue weighted by Gasteiger charge is -2.37. The zero-order valence-corrected chi connectivity index (χ0v) is 15.2. The Kier molecular flexibility index (Phi) is 11.2. The lowest BCUT2D eigenvalue weighted by molar-refractivity contribution is -0.287. The fourth-order valence-electron chi connectivity index (χ4n) is 2.90. The first kappa shape index (κ1) is 22.3. The van der Waals surface area contributed by atoms with E-state index in [2.05, 4.69) is 6.92 Å². The largest absolute Gasteiger partial charge is 0.463 e. The van der Waals surface area contributed by atoms with Crippen LogP contribution in [0.4, 0.5) is 0 Å². The van der Waals surface area contributed by atoms with Crippen molar-refractivity contribution in [2.24, 2.45) is 0 Å². The van der Waals surface area contributed by atoms with Crippen LogP contribution in [0.2, 0.25) is 0 Å². The highest BCUT2D eigenvalue weighted by Gasteiger charge is 2.43. The van der Waals surface area contributed by atoms with Crippen LogP contribution in [-0.4, -0.2) is 63.7 Å². The molecule has 0 aromatic heterocycles. The molecule has 0 spiro atoms. The summed E-state index contributed by atoms with van der Waals surface area (Å²) in [6.07, 6.45) is 3.53. The van der Waals surface area contributed by atoms with Crippen molar-refractivity contribution in [1.29, 1.82) is 0 Å². The van der Waals surface area contributed by atoms with Gasteiger partial charge in [-0.15, -0.1) is 0 Å². The molecule has 0 bridgehead atoms. The predicted octanol–water partition coefficient (Wildman–Crippen LogP) is 1.25. The lowest BCUT2D eigenvalue weighted by Crippen LogP contribution is -2.58. The van der Waals surface area contributed by atoms with E-state index >= 15 is 0 Å². The molecule has 1 aliphatic heterocycles. The summed E-state index contributed by atoms with van der Waals surface area (Å²) in [6, 6.07) is 0. The first-order chi connectivity index (χ1) is 12.0. The van der Waals surface area contributed by atoms with Gasteiger partial charge in [-0.2, -0.15) is 0 Å². The van der Waals surface area contributed by atoms with E-state index in [1.165, 1.54) is 38.5 Å². The number of aliphatic hydroxyl groups is 4. The van der Waals surface area contributed by atoms with Gasteiger partial charge in [0.1, 0.15) is 31.0 Å². The Morgan fingerprint density at radius 3 is 2.00 bits per heavy atom. The van der Waals surface area contributed by atoms with E-state index < -0.39 is 36.7 Å². The van der Waals surface area contributed by atoms with Gasteiger partial charge < -0.3 is 29.9 Å². The first-order valence-corrected chi connectivity index (χ1v) is 9.50. The minimum Gasteiger partial charge on any atom is -0.463 e. The van der Waals surface area contributed by atoms with Crippen molar-refractivity contribution >= 4 is 5.97 Å². The number of hydrogen-bond acceptors (Lipinski definition) is 7. The molecule has 7 heteroatoms. The van der Waals surface area contributed by atoms with E-state index in [0.717, 1.165) is 19.3 Å². The molecule has 0 aromatic rings. The van der Waals surface area contributed by atoms with E-state index in [-0.39, 0.29) is 6.61 Å². The summed E-state index contributed by atoms with van der Waals surface area (Å²) in [5, 5.41) is 38.1. The molecule has 4 N–H and O–H groups in total. The van der Waals surface area contributed by atoms with Gasteiger partial charge in [-0.05, 0) is 6.42 Å². The van der Waals surface area contributed by atoms with Crippen molar-refractivity contribution in [2.75, 3.05) is 6.61 Å². The van der Waals surface area contributed by atoms with Gasteiger partial charge >= 0.3 is 5.97 Å². The molecule has 1 saturated heterocycles. The molecule has 7 nitrogen and oxygen atoms in total. The number of carbonyl (C=O) groups is 1.